The van der Waals surface area contributed by atoms with Gasteiger partial charge in [0.05, 0.1) is 5.69 Å². The number of rotatable bonds is 4. The first-order chi connectivity index (χ1) is 14.0. The molecule has 29 heavy (non-hydrogen) atoms. The van der Waals surface area contributed by atoms with Gasteiger partial charge in [0.25, 0.3) is 0 Å². The number of nitrogens with zero attached hydrogens (tertiary/aromatic N) is 2. The van der Waals surface area contributed by atoms with E-state index in [4.69, 9.17) is 8.83 Å². The van der Waals surface area contributed by atoms with Gasteiger partial charge in [-0.2, -0.15) is 0 Å². The van der Waals surface area contributed by atoms with Crippen molar-refractivity contribution in [2.45, 2.75) is 6.92 Å². The average Bonchev–Trinajstić information content (AvgIpc) is 3.07. The number of nitrogens with one attached hydrogen (secondary N) is 1. The Labute approximate surface area is 166 Å². The molecule has 1 aliphatic heterocycles. The van der Waals surface area contributed by atoms with Crippen molar-refractivity contribution in [3.05, 3.63) is 52.9 Å². The van der Waals surface area contributed by atoms with E-state index in [0.29, 0.717) is 28.3 Å². The SMILES string of the molecule is CC1CN(c2ccc3cc(-c4nc5ccc(N[SH](=O)=O)cc5o4)c(=O)oc3c2)C1. The topological polar surface area (TPSA) is 106 Å². The fraction of sp³-hybridized carbons (Fsp3) is 0.200. The summed E-state index contributed by atoms with van der Waals surface area (Å²) in [5, 5.41) is 0.768. The standard InChI is InChI=1S/C20H17N3O5S/c1-11-9-23(10-11)14-4-2-12-6-15(20(24)28-17(12)8-14)19-21-16-5-3-13(22-29(25)26)7-18(16)27-19/h2-8,11,29H,9-10H2,1H3,(H,22,25,26). The third-order valence-electron chi connectivity index (χ3n) is 4.99. The van der Waals surface area contributed by atoms with Crippen molar-refractivity contribution in [1.82, 2.24) is 4.98 Å². The molecule has 4 aromatic rings. The monoisotopic (exact) mass is 411 g/mol. The first kappa shape index (κ1) is 17.7. The van der Waals surface area contributed by atoms with Crippen LogP contribution in [0.4, 0.5) is 11.4 Å². The van der Waals surface area contributed by atoms with Crippen LogP contribution in [-0.2, 0) is 10.9 Å². The van der Waals surface area contributed by atoms with E-state index in [1.165, 1.54) is 6.07 Å². The summed E-state index contributed by atoms with van der Waals surface area (Å²) in [5.74, 6) is 0.796. The maximum atomic E-state index is 12.6. The number of anilines is 2. The Morgan fingerprint density at radius 1 is 1.07 bits per heavy atom. The van der Waals surface area contributed by atoms with Gasteiger partial charge in [-0.3, -0.25) is 4.72 Å². The molecule has 1 saturated heterocycles. The summed E-state index contributed by atoms with van der Waals surface area (Å²) in [6.45, 7) is 4.19. The highest BCUT2D eigenvalue weighted by molar-refractivity contribution is 7.73. The highest BCUT2D eigenvalue weighted by atomic mass is 32.2. The zero-order valence-electron chi connectivity index (χ0n) is 15.4. The molecule has 0 atom stereocenters. The van der Waals surface area contributed by atoms with Gasteiger partial charge in [0, 0.05) is 36.3 Å². The summed E-state index contributed by atoms with van der Waals surface area (Å²) in [5.41, 5.74) is 2.44. The van der Waals surface area contributed by atoms with Crippen LogP contribution in [0.1, 0.15) is 6.92 Å². The molecule has 0 bridgehead atoms. The molecular formula is C20H17N3O5S. The van der Waals surface area contributed by atoms with E-state index in [1.54, 1.807) is 18.2 Å². The van der Waals surface area contributed by atoms with Crippen molar-refractivity contribution in [2.24, 2.45) is 5.92 Å². The van der Waals surface area contributed by atoms with Gasteiger partial charge < -0.3 is 13.7 Å². The van der Waals surface area contributed by atoms with E-state index >= 15 is 0 Å². The molecule has 0 radical (unpaired) electrons. The van der Waals surface area contributed by atoms with Crippen LogP contribution < -0.4 is 15.2 Å². The smallest absolute Gasteiger partial charge is 0.349 e. The normalized spacial score (nSPS) is 14.6. The first-order valence-corrected chi connectivity index (χ1v) is 10.3. The lowest BCUT2D eigenvalue weighted by molar-refractivity contribution is 0.447. The van der Waals surface area contributed by atoms with Gasteiger partial charge in [-0.05, 0) is 36.2 Å². The molecular weight excluding hydrogens is 394 g/mol. The van der Waals surface area contributed by atoms with Crippen LogP contribution in [0.3, 0.4) is 0 Å². The largest absolute Gasteiger partial charge is 0.436 e. The molecule has 0 saturated carbocycles. The van der Waals surface area contributed by atoms with Crippen molar-refractivity contribution in [3.8, 4) is 11.5 Å². The highest BCUT2D eigenvalue weighted by Crippen LogP contribution is 2.30. The van der Waals surface area contributed by atoms with Crippen LogP contribution in [-0.4, -0.2) is 26.5 Å². The number of hydrogen-bond acceptors (Lipinski definition) is 7. The number of oxazole rings is 1. The predicted molar refractivity (Wildman–Crippen MR) is 111 cm³/mol. The molecule has 0 spiro atoms. The molecule has 1 aliphatic rings. The molecule has 2 aromatic carbocycles. The molecule has 148 valence electrons. The molecule has 8 nitrogen and oxygen atoms in total. The quantitative estimate of drug-likeness (QED) is 0.393. The fourth-order valence-corrected chi connectivity index (χ4v) is 3.92. The Bertz CT molecular complexity index is 1370. The van der Waals surface area contributed by atoms with E-state index in [-0.39, 0.29) is 11.5 Å². The van der Waals surface area contributed by atoms with Crippen molar-refractivity contribution in [1.29, 1.82) is 0 Å². The van der Waals surface area contributed by atoms with Crippen LogP contribution in [0, 0.1) is 5.92 Å². The third-order valence-corrected chi connectivity index (χ3v) is 5.43. The van der Waals surface area contributed by atoms with Crippen LogP contribution >= 0.6 is 0 Å². The van der Waals surface area contributed by atoms with Crippen LogP contribution in [0.5, 0.6) is 0 Å². The second-order valence-corrected chi connectivity index (χ2v) is 7.99. The second-order valence-electron chi connectivity index (χ2n) is 7.25. The lowest BCUT2D eigenvalue weighted by Gasteiger charge is -2.39. The Kier molecular flexibility index (Phi) is 4.06. The highest BCUT2D eigenvalue weighted by Gasteiger charge is 2.23. The summed E-state index contributed by atoms with van der Waals surface area (Å²) < 4.78 is 35.2. The van der Waals surface area contributed by atoms with Crippen molar-refractivity contribution < 1.29 is 17.3 Å². The molecule has 0 amide bonds. The second kappa shape index (κ2) is 6.63. The van der Waals surface area contributed by atoms with Crippen LogP contribution in [0.25, 0.3) is 33.5 Å². The van der Waals surface area contributed by atoms with E-state index in [9.17, 15) is 13.2 Å². The number of thiol groups is 1. The number of aromatic nitrogens is 1. The number of benzene rings is 2. The van der Waals surface area contributed by atoms with E-state index in [1.807, 2.05) is 18.2 Å². The lowest BCUT2D eigenvalue weighted by Crippen LogP contribution is -2.45. The maximum absolute atomic E-state index is 12.6. The van der Waals surface area contributed by atoms with Gasteiger partial charge in [-0.25, -0.2) is 18.2 Å². The predicted octanol–water partition coefficient (Wildman–Crippen LogP) is 3.00. The molecule has 0 aliphatic carbocycles. The summed E-state index contributed by atoms with van der Waals surface area (Å²) in [4.78, 5) is 19.1. The summed E-state index contributed by atoms with van der Waals surface area (Å²) in [6, 6.07) is 12.2. The zero-order valence-corrected chi connectivity index (χ0v) is 16.3. The first-order valence-electron chi connectivity index (χ1n) is 9.11. The molecule has 1 fully saturated rings. The lowest BCUT2D eigenvalue weighted by atomic mass is 10.0. The van der Waals surface area contributed by atoms with Gasteiger partial charge in [0.2, 0.25) is 16.8 Å². The minimum atomic E-state index is -2.78. The molecule has 2 aromatic heterocycles. The Balaban J connectivity index is 1.54. The number of hydrogen-bond donors (Lipinski definition) is 2. The van der Waals surface area contributed by atoms with Crippen molar-refractivity contribution in [3.63, 3.8) is 0 Å². The Morgan fingerprint density at radius 2 is 1.90 bits per heavy atom. The number of fused-ring (bicyclic) bond motifs is 2. The van der Waals surface area contributed by atoms with Gasteiger partial charge in [-0.15, -0.1) is 0 Å². The minimum absolute atomic E-state index is 0.125. The summed E-state index contributed by atoms with van der Waals surface area (Å²) in [6.07, 6.45) is 0. The summed E-state index contributed by atoms with van der Waals surface area (Å²) >= 11 is 0. The fourth-order valence-electron chi connectivity index (χ4n) is 3.57. The minimum Gasteiger partial charge on any atom is -0.436 e. The van der Waals surface area contributed by atoms with Gasteiger partial charge in [0.15, 0.2) is 5.58 Å². The van der Waals surface area contributed by atoms with E-state index in [2.05, 4.69) is 21.5 Å². The van der Waals surface area contributed by atoms with E-state index < -0.39 is 16.5 Å². The van der Waals surface area contributed by atoms with Gasteiger partial charge in [0.1, 0.15) is 16.7 Å². The zero-order chi connectivity index (χ0) is 20.1. The third kappa shape index (κ3) is 3.23. The molecule has 5 rings (SSSR count). The Hall–Kier alpha value is -3.33. The van der Waals surface area contributed by atoms with Crippen molar-refractivity contribution >= 4 is 44.3 Å². The molecule has 1 N–H and O–H groups in total. The van der Waals surface area contributed by atoms with E-state index in [0.717, 1.165) is 24.2 Å². The van der Waals surface area contributed by atoms with Crippen LogP contribution in [0.15, 0.2) is 56.1 Å². The van der Waals surface area contributed by atoms with Gasteiger partial charge in [-0.1, -0.05) is 6.92 Å². The van der Waals surface area contributed by atoms with Crippen LogP contribution in [0.2, 0.25) is 0 Å². The maximum Gasteiger partial charge on any atom is 0.349 e. The van der Waals surface area contributed by atoms with Gasteiger partial charge >= 0.3 is 5.63 Å². The average molecular weight is 411 g/mol. The Morgan fingerprint density at radius 3 is 2.66 bits per heavy atom. The molecule has 9 heteroatoms. The molecule has 0 unspecified atom stereocenters. The van der Waals surface area contributed by atoms with Crippen molar-refractivity contribution in [2.75, 3.05) is 22.7 Å². The summed E-state index contributed by atoms with van der Waals surface area (Å²) in [7, 11) is -2.78. The molecule has 3 heterocycles.